The minimum atomic E-state index is -3.64. The average Bonchev–Trinajstić information content (AvgIpc) is 2.93. The van der Waals surface area contributed by atoms with E-state index >= 15 is 0 Å². The van der Waals surface area contributed by atoms with Crippen LogP contribution < -0.4 is 0 Å². The summed E-state index contributed by atoms with van der Waals surface area (Å²) < 4.78 is 26.7. The van der Waals surface area contributed by atoms with Gasteiger partial charge in [0.15, 0.2) is 0 Å². The molecule has 20 heavy (non-hydrogen) atoms. The van der Waals surface area contributed by atoms with Crippen LogP contribution in [0, 0.1) is 5.92 Å². The first-order valence-corrected chi connectivity index (χ1v) is 8.98. The first-order chi connectivity index (χ1) is 9.30. The molecule has 0 aliphatic carbocycles. The first kappa shape index (κ1) is 16.0. The predicted octanol–water partition coefficient (Wildman–Crippen LogP) is 2.93. The van der Waals surface area contributed by atoms with Crippen LogP contribution in [0.5, 0.6) is 0 Å². The largest absolute Gasteiger partial charge is 0.481 e. The summed E-state index contributed by atoms with van der Waals surface area (Å²) in [6.07, 6.45) is 1.21. The summed E-state index contributed by atoms with van der Waals surface area (Å²) in [5.74, 6) is -0.785. The van der Waals surface area contributed by atoms with Gasteiger partial charge in [0.2, 0.25) is 10.0 Å². The lowest BCUT2D eigenvalue weighted by atomic mass is 10.0. The van der Waals surface area contributed by atoms with E-state index in [-0.39, 0.29) is 21.6 Å². The molecule has 5 nitrogen and oxygen atoms in total. The molecule has 0 radical (unpaired) electrons. The number of carboxylic acid groups (broad SMARTS) is 1. The van der Waals surface area contributed by atoms with Gasteiger partial charge in [0.05, 0.1) is 4.34 Å². The van der Waals surface area contributed by atoms with Gasteiger partial charge in [-0.15, -0.1) is 11.3 Å². The van der Waals surface area contributed by atoms with Crippen LogP contribution in [0.25, 0.3) is 0 Å². The number of thiophene rings is 1. The van der Waals surface area contributed by atoms with Crippen LogP contribution in [0.15, 0.2) is 11.0 Å². The number of hydrogen-bond acceptors (Lipinski definition) is 4. The molecule has 2 rings (SSSR count). The van der Waals surface area contributed by atoms with Gasteiger partial charge >= 0.3 is 5.97 Å². The zero-order valence-corrected chi connectivity index (χ0v) is 13.5. The molecule has 112 valence electrons. The third-order valence-electron chi connectivity index (χ3n) is 3.26. The molecule has 0 bridgehead atoms. The number of nitrogens with zero attached hydrogens (tertiary/aromatic N) is 1. The van der Waals surface area contributed by atoms with Gasteiger partial charge in [-0.2, -0.15) is 4.31 Å². The first-order valence-electron chi connectivity index (χ1n) is 5.97. The Hall–Kier alpha value is -0.340. The molecule has 9 heteroatoms. The highest BCUT2D eigenvalue weighted by molar-refractivity contribution is 7.89. The molecule has 1 atom stereocenters. The molecule has 0 amide bonds. The normalized spacial score (nSPS) is 20.4. The Morgan fingerprint density at radius 2 is 2.20 bits per heavy atom. The maximum absolute atomic E-state index is 12.4. The summed E-state index contributed by atoms with van der Waals surface area (Å²) in [6, 6.07) is 1.36. The summed E-state index contributed by atoms with van der Waals surface area (Å²) >= 11 is 12.7. The fourth-order valence-electron chi connectivity index (χ4n) is 2.22. The fraction of sp³-hybridized carbons (Fsp3) is 0.545. The molecule has 1 unspecified atom stereocenters. The van der Waals surface area contributed by atoms with E-state index in [1.165, 1.54) is 10.4 Å². The van der Waals surface area contributed by atoms with Crippen molar-refractivity contribution in [2.24, 2.45) is 5.92 Å². The number of halogens is 2. The Balaban J connectivity index is 2.09. The van der Waals surface area contributed by atoms with E-state index < -0.39 is 16.0 Å². The minimum Gasteiger partial charge on any atom is -0.481 e. The number of rotatable bonds is 5. The van der Waals surface area contributed by atoms with E-state index in [9.17, 15) is 13.2 Å². The predicted molar refractivity (Wildman–Crippen MR) is 78.1 cm³/mol. The van der Waals surface area contributed by atoms with Crippen LogP contribution in [0.4, 0.5) is 0 Å². The van der Waals surface area contributed by atoms with Crippen molar-refractivity contribution in [1.29, 1.82) is 0 Å². The smallest absolute Gasteiger partial charge is 0.303 e. The van der Waals surface area contributed by atoms with Gasteiger partial charge in [0.25, 0.3) is 0 Å². The molecule has 0 aromatic carbocycles. The van der Waals surface area contributed by atoms with Crippen molar-refractivity contribution in [2.75, 3.05) is 13.1 Å². The lowest BCUT2D eigenvalue weighted by molar-refractivity contribution is -0.137. The highest BCUT2D eigenvalue weighted by Crippen LogP contribution is 2.37. The zero-order valence-electron chi connectivity index (χ0n) is 10.4. The van der Waals surface area contributed by atoms with Crippen LogP contribution in [0.3, 0.4) is 0 Å². The lowest BCUT2D eigenvalue weighted by Crippen LogP contribution is -2.28. The van der Waals surface area contributed by atoms with Crippen LogP contribution >= 0.6 is 34.5 Å². The van der Waals surface area contributed by atoms with Crippen molar-refractivity contribution >= 4 is 50.5 Å². The van der Waals surface area contributed by atoms with E-state index in [0.29, 0.717) is 30.3 Å². The van der Waals surface area contributed by atoms with Gasteiger partial charge < -0.3 is 5.11 Å². The highest BCUT2D eigenvalue weighted by Gasteiger charge is 2.34. The molecule has 1 aliphatic heterocycles. The topological polar surface area (TPSA) is 74.7 Å². The van der Waals surface area contributed by atoms with E-state index in [4.69, 9.17) is 28.3 Å². The van der Waals surface area contributed by atoms with E-state index in [1.807, 2.05) is 0 Å². The Morgan fingerprint density at radius 3 is 2.75 bits per heavy atom. The van der Waals surface area contributed by atoms with Gasteiger partial charge in [-0.1, -0.05) is 23.2 Å². The Bertz CT molecular complexity index is 614. The van der Waals surface area contributed by atoms with Crippen molar-refractivity contribution in [2.45, 2.75) is 24.2 Å². The molecular formula is C11H13Cl2NO4S2. The van der Waals surface area contributed by atoms with Crippen molar-refractivity contribution in [3.63, 3.8) is 0 Å². The maximum atomic E-state index is 12.4. The molecule has 1 N–H and O–H groups in total. The number of carboxylic acids is 1. The molecule has 1 fully saturated rings. The van der Waals surface area contributed by atoms with Crippen LogP contribution in [-0.2, 0) is 14.8 Å². The summed E-state index contributed by atoms with van der Waals surface area (Å²) in [4.78, 5) is 10.6. The van der Waals surface area contributed by atoms with Crippen LogP contribution in [-0.4, -0.2) is 36.9 Å². The van der Waals surface area contributed by atoms with Crippen molar-refractivity contribution in [3.8, 4) is 0 Å². The van der Waals surface area contributed by atoms with E-state index in [0.717, 1.165) is 11.3 Å². The van der Waals surface area contributed by atoms with E-state index in [1.54, 1.807) is 0 Å². The number of hydrogen-bond donors (Lipinski definition) is 1. The second-order valence-electron chi connectivity index (χ2n) is 4.64. The molecule has 0 saturated carbocycles. The summed E-state index contributed by atoms with van der Waals surface area (Å²) in [7, 11) is -3.64. The van der Waals surface area contributed by atoms with Gasteiger partial charge in [-0.05, 0) is 24.8 Å². The number of aliphatic carboxylic acids is 1. The Kier molecular flexibility index (Phi) is 4.96. The standard InChI is InChI=1S/C11H13Cl2NO4S2/c12-9-5-8(11(13)19-9)20(17,18)14-4-3-7(6-14)1-2-10(15)16/h5,7H,1-4,6H2,(H,15,16). The quantitative estimate of drug-likeness (QED) is 0.878. The molecule has 1 saturated heterocycles. The molecule has 1 aliphatic rings. The summed E-state index contributed by atoms with van der Waals surface area (Å²) in [6.45, 7) is 0.718. The average molecular weight is 358 g/mol. The van der Waals surface area contributed by atoms with Crippen LogP contribution in [0.1, 0.15) is 19.3 Å². The van der Waals surface area contributed by atoms with Gasteiger partial charge in [-0.25, -0.2) is 8.42 Å². The third-order valence-corrected chi connectivity index (χ3v) is 6.88. The van der Waals surface area contributed by atoms with Crippen molar-refractivity contribution in [1.82, 2.24) is 4.31 Å². The Labute approximate surface area is 131 Å². The zero-order chi connectivity index (χ0) is 14.9. The molecular weight excluding hydrogens is 345 g/mol. The monoisotopic (exact) mass is 357 g/mol. The second-order valence-corrected chi connectivity index (χ2v) is 8.83. The lowest BCUT2D eigenvalue weighted by Gasteiger charge is -2.15. The van der Waals surface area contributed by atoms with Crippen LogP contribution in [0.2, 0.25) is 8.67 Å². The van der Waals surface area contributed by atoms with Crippen molar-refractivity contribution < 1.29 is 18.3 Å². The number of carbonyl (C=O) groups is 1. The third kappa shape index (κ3) is 3.46. The Morgan fingerprint density at radius 1 is 1.50 bits per heavy atom. The molecule has 1 aromatic heterocycles. The molecule has 1 aromatic rings. The van der Waals surface area contributed by atoms with E-state index in [2.05, 4.69) is 0 Å². The van der Waals surface area contributed by atoms with Gasteiger partial charge in [0, 0.05) is 19.5 Å². The van der Waals surface area contributed by atoms with Gasteiger partial charge in [0.1, 0.15) is 9.23 Å². The molecule has 0 spiro atoms. The summed E-state index contributed by atoms with van der Waals surface area (Å²) in [5.41, 5.74) is 0. The SMILES string of the molecule is O=C(O)CCC1CCN(S(=O)(=O)c2cc(Cl)sc2Cl)C1. The molecule has 2 heterocycles. The minimum absolute atomic E-state index is 0.0352. The van der Waals surface area contributed by atoms with Gasteiger partial charge in [-0.3, -0.25) is 4.79 Å². The number of sulfonamides is 1. The second kappa shape index (κ2) is 6.19. The van der Waals surface area contributed by atoms with Crippen molar-refractivity contribution in [3.05, 3.63) is 14.7 Å². The highest BCUT2D eigenvalue weighted by atomic mass is 35.5. The summed E-state index contributed by atoms with van der Waals surface area (Å²) in [5, 5.41) is 8.65. The fourth-order valence-corrected chi connectivity index (χ4v) is 5.86. The maximum Gasteiger partial charge on any atom is 0.303 e.